The highest BCUT2D eigenvalue weighted by atomic mass is 19.3. The van der Waals surface area contributed by atoms with Gasteiger partial charge in [0.2, 0.25) is 0 Å². The molecule has 2 aromatic carbocycles. The largest absolute Gasteiger partial charge is 0.489 e. The molecule has 174 valence electrons. The Morgan fingerprint density at radius 3 is 2.76 bits per heavy atom. The Morgan fingerprint density at radius 2 is 2.00 bits per heavy atom. The summed E-state index contributed by atoms with van der Waals surface area (Å²) < 4.78 is 58.6. The van der Waals surface area contributed by atoms with Crippen LogP contribution in [-0.2, 0) is 11.2 Å². The van der Waals surface area contributed by atoms with Crippen molar-refractivity contribution >= 4 is 16.7 Å². The summed E-state index contributed by atoms with van der Waals surface area (Å²) in [5.74, 6) is 1.38. The quantitative estimate of drug-likeness (QED) is 0.540. The monoisotopic (exact) mass is 459 g/mol. The van der Waals surface area contributed by atoms with E-state index in [0.29, 0.717) is 54.8 Å². The van der Waals surface area contributed by atoms with Crippen molar-refractivity contribution in [1.29, 1.82) is 0 Å². The number of benzene rings is 2. The fourth-order valence-corrected chi connectivity index (χ4v) is 4.38. The van der Waals surface area contributed by atoms with Crippen molar-refractivity contribution in [1.82, 2.24) is 9.97 Å². The Kier molecular flexibility index (Phi) is 5.74. The van der Waals surface area contributed by atoms with E-state index in [0.717, 1.165) is 23.6 Å². The summed E-state index contributed by atoms with van der Waals surface area (Å²) in [5, 5.41) is 3.91. The van der Waals surface area contributed by atoms with Crippen LogP contribution in [0.3, 0.4) is 0 Å². The molecular weight excluding hydrogens is 435 g/mol. The topological polar surface area (TPSA) is 65.5 Å². The summed E-state index contributed by atoms with van der Waals surface area (Å²) in [4.78, 5) is 9.17. The molecule has 5 rings (SSSR count). The van der Waals surface area contributed by atoms with Crippen LogP contribution >= 0.6 is 0 Å². The van der Waals surface area contributed by atoms with Crippen LogP contribution in [0.4, 0.5) is 19.0 Å². The van der Waals surface area contributed by atoms with E-state index < -0.39 is 23.8 Å². The number of aromatic nitrogens is 2. The number of hydrogen-bond acceptors (Lipinski definition) is 6. The third kappa shape index (κ3) is 4.06. The maximum Gasteiger partial charge on any atom is 0.266 e. The molecule has 2 aliphatic heterocycles. The van der Waals surface area contributed by atoms with Crippen molar-refractivity contribution in [2.24, 2.45) is 0 Å². The average Bonchev–Trinajstić information content (AvgIpc) is 3.46. The minimum absolute atomic E-state index is 0.0661. The van der Waals surface area contributed by atoms with Gasteiger partial charge < -0.3 is 19.5 Å². The van der Waals surface area contributed by atoms with E-state index in [1.165, 1.54) is 12.1 Å². The fourth-order valence-electron chi connectivity index (χ4n) is 4.38. The van der Waals surface area contributed by atoms with Crippen molar-refractivity contribution in [3.05, 3.63) is 52.6 Å². The molecule has 0 bridgehead atoms. The second-order valence-electron chi connectivity index (χ2n) is 8.32. The van der Waals surface area contributed by atoms with Crippen molar-refractivity contribution in [2.45, 2.75) is 45.3 Å². The highest BCUT2D eigenvalue weighted by Gasteiger charge is 2.28. The van der Waals surface area contributed by atoms with E-state index in [4.69, 9.17) is 14.2 Å². The van der Waals surface area contributed by atoms with E-state index in [9.17, 15) is 13.2 Å². The molecule has 9 heteroatoms. The van der Waals surface area contributed by atoms with E-state index in [1.54, 1.807) is 13.8 Å². The Hall–Kier alpha value is -3.07. The first-order valence-corrected chi connectivity index (χ1v) is 11.0. The van der Waals surface area contributed by atoms with Gasteiger partial charge in [0.05, 0.1) is 36.9 Å². The van der Waals surface area contributed by atoms with Crippen LogP contribution in [0.2, 0.25) is 0 Å². The number of alkyl halides is 2. The van der Waals surface area contributed by atoms with Gasteiger partial charge in [-0.2, -0.15) is 0 Å². The number of anilines is 1. The summed E-state index contributed by atoms with van der Waals surface area (Å²) in [6, 6.07) is 5.24. The number of halogens is 3. The molecule has 1 N–H and O–H groups in total. The number of fused-ring (bicyclic) bond motifs is 3. The first-order valence-electron chi connectivity index (χ1n) is 11.0. The summed E-state index contributed by atoms with van der Waals surface area (Å²) in [6.07, 6.45) is -1.48. The smallest absolute Gasteiger partial charge is 0.266 e. The zero-order valence-corrected chi connectivity index (χ0v) is 18.3. The van der Waals surface area contributed by atoms with Crippen LogP contribution in [0.5, 0.6) is 11.5 Å². The number of nitrogens with one attached hydrogen (secondary N) is 1. The molecule has 0 aliphatic carbocycles. The molecule has 2 aliphatic rings. The SMILES string of the molecule is Cc1nc(N[C@H](C)c2cccc(C(F)F)c2F)c2cc(O[C@H]3CCOC3)c3c(c2n1)CCO3. The van der Waals surface area contributed by atoms with Gasteiger partial charge in [-0.1, -0.05) is 18.2 Å². The summed E-state index contributed by atoms with van der Waals surface area (Å²) in [6.45, 7) is 5.17. The van der Waals surface area contributed by atoms with Gasteiger partial charge >= 0.3 is 0 Å². The van der Waals surface area contributed by atoms with E-state index in [2.05, 4.69) is 15.3 Å². The average molecular weight is 459 g/mol. The summed E-state index contributed by atoms with van der Waals surface area (Å²) in [5.41, 5.74) is 1.20. The lowest BCUT2D eigenvalue weighted by Gasteiger charge is -2.20. The van der Waals surface area contributed by atoms with Crippen LogP contribution in [0, 0.1) is 12.7 Å². The van der Waals surface area contributed by atoms with Crippen molar-refractivity contribution in [3.8, 4) is 11.5 Å². The van der Waals surface area contributed by atoms with Crippen LogP contribution in [0.1, 0.15) is 48.3 Å². The zero-order chi connectivity index (χ0) is 23.1. The molecule has 1 aromatic heterocycles. The molecule has 0 unspecified atom stereocenters. The predicted molar refractivity (Wildman–Crippen MR) is 117 cm³/mol. The van der Waals surface area contributed by atoms with Gasteiger partial charge in [-0.15, -0.1) is 0 Å². The third-order valence-electron chi connectivity index (χ3n) is 6.01. The van der Waals surface area contributed by atoms with Gasteiger partial charge in [-0.25, -0.2) is 23.1 Å². The van der Waals surface area contributed by atoms with Gasteiger partial charge in [0.15, 0.2) is 11.5 Å². The zero-order valence-electron chi connectivity index (χ0n) is 18.3. The lowest BCUT2D eigenvalue weighted by atomic mass is 10.0. The molecular formula is C24H24F3N3O3. The maximum absolute atomic E-state index is 14.7. The van der Waals surface area contributed by atoms with E-state index >= 15 is 0 Å². The van der Waals surface area contributed by atoms with Crippen molar-refractivity contribution in [3.63, 3.8) is 0 Å². The number of aryl methyl sites for hydroxylation is 1. The molecule has 0 saturated carbocycles. The first-order chi connectivity index (χ1) is 15.9. The molecule has 1 fully saturated rings. The number of rotatable bonds is 6. The third-order valence-corrected chi connectivity index (χ3v) is 6.01. The van der Waals surface area contributed by atoms with Crippen molar-refractivity contribution in [2.75, 3.05) is 25.1 Å². The second-order valence-corrected chi connectivity index (χ2v) is 8.32. The molecule has 6 nitrogen and oxygen atoms in total. The van der Waals surface area contributed by atoms with Gasteiger partial charge in [0, 0.05) is 29.4 Å². The standard InChI is InChI=1S/C24H24F3N3O3/c1-12(15-4-3-5-16(20(15)25)23(26)27)28-24-18-10-19(33-14-6-8-31-11-14)22-17(7-9-32-22)21(18)29-13(2)30-24/h3-5,10,12,14,23H,6-9,11H2,1-2H3,(H,28,29,30)/t12-,14+/m1/s1. The van der Waals surface area contributed by atoms with Gasteiger partial charge in [0.1, 0.15) is 23.6 Å². The molecule has 0 spiro atoms. The van der Waals surface area contributed by atoms with Crippen LogP contribution in [0.25, 0.3) is 10.9 Å². The highest BCUT2D eigenvalue weighted by Crippen LogP contribution is 2.43. The Bertz CT molecular complexity index is 1200. The van der Waals surface area contributed by atoms with Gasteiger partial charge in [0.25, 0.3) is 6.43 Å². The Labute approximate surface area is 189 Å². The lowest BCUT2D eigenvalue weighted by molar-refractivity contribution is 0.138. The van der Waals surface area contributed by atoms with Crippen LogP contribution in [0.15, 0.2) is 24.3 Å². The van der Waals surface area contributed by atoms with Crippen LogP contribution in [-0.4, -0.2) is 35.9 Å². The maximum atomic E-state index is 14.7. The minimum atomic E-state index is -2.89. The Morgan fingerprint density at radius 1 is 1.18 bits per heavy atom. The summed E-state index contributed by atoms with van der Waals surface area (Å²) in [7, 11) is 0. The van der Waals surface area contributed by atoms with Gasteiger partial charge in [-0.05, 0) is 19.9 Å². The van der Waals surface area contributed by atoms with E-state index in [-0.39, 0.29) is 11.7 Å². The Balaban J connectivity index is 1.56. The second kappa shape index (κ2) is 8.70. The molecule has 0 radical (unpaired) electrons. The summed E-state index contributed by atoms with van der Waals surface area (Å²) >= 11 is 0. The molecule has 33 heavy (non-hydrogen) atoms. The fraction of sp³-hybridized carbons (Fsp3) is 0.417. The molecule has 2 atom stereocenters. The number of ether oxygens (including phenoxy) is 3. The van der Waals surface area contributed by atoms with Crippen LogP contribution < -0.4 is 14.8 Å². The van der Waals surface area contributed by atoms with Crippen molar-refractivity contribution < 1.29 is 27.4 Å². The predicted octanol–water partition coefficient (Wildman–Crippen LogP) is 5.29. The highest BCUT2D eigenvalue weighted by molar-refractivity contribution is 5.95. The van der Waals surface area contributed by atoms with Gasteiger partial charge in [-0.3, -0.25) is 0 Å². The molecule has 3 aromatic rings. The first kappa shape index (κ1) is 21.8. The molecule has 3 heterocycles. The molecule has 1 saturated heterocycles. The normalized spacial score (nSPS) is 18.4. The molecule has 0 amide bonds. The lowest BCUT2D eigenvalue weighted by Crippen LogP contribution is -2.16. The minimum Gasteiger partial charge on any atom is -0.489 e. The van der Waals surface area contributed by atoms with E-state index in [1.807, 2.05) is 6.07 Å². The number of nitrogens with zero attached hydrogens (tertiary/aromatic N) is 2. The number of hydrogen-bond donors (Lipinski definition) is 1.